The first-order valence-electron chi connectivity index (χ1n) is 6.25. The molecule has 0 saturated carbocycles. The van der Waals surface area contributed by atoms with E-state index < -0.39 is 11.7 Å². The quantitative estimate of drug-likeness (QED) is 0.945. The van der Waals surface area contributed by atoms with Crippen LogP contribution in [0.3, 0.4) is 0 Å². The Morgan fingerprint density at radius 1 is 1.40 bits per heavy atom. The van der Waals surface area contributed by atoms with Crippen LogP contribution in [-0.4, -0.2) is 22.7 Å². The van der Waals surface area contributed by atoms with Crippen LogP contribution >= 0.6 is 11.3 Å². The summed E-state index contributed by atoms with van der Waals surface area (Å²) in [6.07, 6.45) is 1.88. The van der Waals surface area contributed by atoms with Crippen LogP contribution in [0.15, 0.2) is 24.3 Å². The second-order valence-corrected chi connectivity index (χ2v) is 5.39. The van der Waals surface area contributed by atoms with Gasteiger partial charge in [-0.15, -0.1) is 10.2 Å². The summed E-state index contributed by atoms with van der Waals surface area (Å²) < 4.78 is 19.0. The number of amides is 1. The van der Waals surface area contributed by atoms with Gasteiger partial charge >= 0.3 is 0 Å². The summed E-state index contributed by atoms with van der Waals surface area (Å²) in [4.78, 5) is 11.9. The van der Waals surface area contributed by atoms with Crippen LogP contribution in [0.1, 0.15) is 34.3 Å². The fraction of sp³-hybridized carbons (Fsp3) is 0.308. The van der Waals surface area contributed by atoms with Crippen molar-refractivity contribution in [1.82, 2.24) is 10.2 Å². The predicted molar refractivity (Wildman–Crippen MR) is 72.2 cm³/mol. The number of rotatable bonds is 3. The molecular weight excluding hydrogens is 281 g/mol. The fourth-order valence-corrected chi connectivity index (χ4v) is 2.82. The van der Waals surface area contributed by atoms with Crippen molar-refractivity contribution >= 4 is 22.4 Å². The molecule has 0 spiro atoms. The van der Waals surface area contributed by atoms with E-state index in [9.17, 15) is 9.18 Å². The number of hydrogen-bond acceptors (Lipinski definition) is 5. The number of hydrogen-bond donors (Lipinski definition) is 1. The summed E-state index contributed by atoms with van der Waals surface area (Å²) in [7, 11) is 0. The Morgan fingerprint density at radius 2 is 2.25 bits per heavy atom. The van der Waals surface area contributed by atoms with Gasteiger partial charge in [0.2, 0.25) is 5.13 Å². The lowest BCUT2D eigenvalue weighted by Gasteiger charge is -2.03. The predicted octanol–water partition coefficient (Wildman–Crippen LogP) is 2.78. The van der Waals surface area contributed by atoms with Crippen molar-refractivity contribution in [2.75, 3.05) is 11.9 Å². The first-order valence-corrected chi connectivity index (χ1v) is 7.06. The Bertz CT molecular complexity index is 626. The molecule has 1 amide bonds. The van der Waals surface area contributed by atoms with Crippen molar-refractivity contribution in [2.45, 2.75) is 18.9 Å². The third-order valence-corrected chi connectivity index (χ3v) is 3.92. The number of nitrogens with zero attached hydrogens (tertiary/aromatic N) is 2. The van der Waals surface area contributed by atoms with Crippen molar-refractivity contribution in [3.63, 3.8) is 0 Å². The topological polar surface area (TPSA) is 64.1 Å². The minimum Gasteiger partial charge on any atom is -0.371 e. The Hall–Kier alpha value is -1.86. The van der Waals surface area contributed by atoms with Gasteiger partial charge in [0.25, 0.3) is 5.91 Å². The average molecular weight is 293 g/mol. The van der Waals surface area contributed by atoms with E-state index in [1.165, 1.54) is 29.5 Å². The molecular formula is C13H12FN3O2S. The molecule has 5 nitrogen and oxygen atoms in total. The number of benzene rings is 1. The Morgan fingerprint density at radius 3 is 3.00 bits per heavy atom. The molecule has 3 rings (SSSR count). The molecule has 1 atom stereocenters. The highest BCUT2D eigenvalue weighted by Gasteiger charge is 2.22. The van der Waals surface area contributed by atoms with Crippen LogP contribution in [0.4, 0.5) is 9.52 Å². The van der Waals surface area contributed by atoms with Crippen LogP contribution in [0.2, 0.25) is 0 Å². The highest BCUT2D eigenvalue weighted by Crippen LogP contribution is 2.31. The van der Waals surface area contributed by atoms with E-state index >= 15 is 0 Å². The van der Waals surface area contributed by atoms with Gasteiger partial charge in [-0.05, 0) is 25.0 Å². The van der Waals surface area contributed by atoms with Gasteiger partial charge in [0.1, 0.15) is 16.9 Å². The third kappa shape index (κ3) is 2.68. The van der Waals surface area contributed by atoms with Gasteiger partial charge in [-0.3, -0.25) is 10.1 Å². The summed E-state index contributed by atoms with van der Waals surface area (Å²) in [6.45, 7) is 0.723. The maximum Gasteiger partial charge on any atom is 0.260 e. The highest BCUT2D eigenvalue weighted by atomic mass is 32.1. The molecule has 2 aromatic rings. The first-order chi connectivity index (χ1) is 9.74. The second kappa shape index (κ2) is 5.64. The van der Waals surface area contributed by atoms with Gasteiger partial charge < -0.3 is 4.74 Å². The normalized spacial score (nSPS) is 18.1. The maximum absolute atomic E-state index is 13.5. The Balaban J connectivity index is 1.72. The SMILES string of the molecule is O=C(Nc1nnc([C@@H]2CCCO2)s1)c1ccccc1F. The second-order valence-electron chi connectivity index (χ2n) is 4.38. The van der Waals surface area contributed by atoms with Gasteiger partial charge in [-0.25, -0.2) is 4.39 Å². The molecule has 0 bridgehead atoms. The molecule has 0 aliphatic carbocycles. The molecule has 104 valence electrons. The molecule has 2 heterocycles. The van der Waals surface area contributed by atoms with Crippen molar-refractivity contribution in [1.29, 1.82) is 0 Å². The first kappa shape index (κ1) is 13.1. The zero-order valence-electron chi connectivity index (χ0n) is 10.5. The highest BCUT2D eigenvalue weighted by molar-refractivity contribution is 7.15. The number of ether oxygens (including phenoxy) is 1. The molecule has 1 aliphatic heterocycles. The molecule has 1 aliphatic rings. The van der Waals surface area contributed by atoms with Gasteiger partial charge in [-0.1, -0.05) is 23.5 Å². The van der Waals surface area contributed by atoms with E-state index in [4.69, 9.17) is 4.74 Å². The number of halogens is 1. The number of aromatic nitrogens is 2. The molecule has 0 radical (unpaired) electrons. The van der Waals surface area contributed by atoms with Crippen LogP contribution in [0, 0.1) is 5.82 Å². The molecule has 1 fully saturated rings. The van der Waals surface area contributed by atoms with Crippen molar-refractivity contribution < 1.29 is 13.9 Å². The zero-order chi connectivity index (χ0) is 13.9. The van der Waals surface area contributed by atoms with Crippen LogP contribution in [-0.2, 0) is 4.74 Å². The summed E-state index contributed by atoms with van der Waals surface area (Å²) in [5.74, 6) is -1.09. The van der Waals surface area contributed by atoms with E-state index in [2.05, 4.69) is 15.5 Å². The zero-order valence-corrected chi connectivity index (χ0v) is 11.3. The summed E-state index contributed by atoms with van der Waals surface area (Å²) in [6, 6.07) is 5.81. The van der Waals surface area contributed by atoms with Crippen LogP contribution in [0.5, 0.6) is 0 Å². The molecule has 1 aromatic carbocycles. The summed E-state index contributed by atoms with van der Waals surface area (Å²) in [5, 5.41) is 11.5. The number of carbonyl (C=O) groups is 1. The lowest BCUT2D eigenvalue weighted by atomic mass is 10.2. The van der Waals surface area contributed by atoms with E-state index in [1.54, 1.807) is 6.07 Å². The molecule has 1 saturated heterocycles. The van der Waals surface area contributed by atoms with Gasteiger partial charge in [0.15, 0.2) is 0 Å². The van der Waals surface area contributed by atoms with E-state index in [0.29, 0.717) is 5.13 Å². The molecule has 1 N–H and O–H groups in total. The van der Waals surface area contributed by atoms with Crippen LogP contribution in [0.25, 0.3) is 0 Å². The molecule has 1 aromatic heterocycles. The Labute approximate surface area is 118 Å². The van der Waals surface area contributed by atoms with Gasteiger partial charge in [0, 0.05) is 6.61 Å². The van der Waals surface area contributed by atoms with Crippen molar-refractivity contribution in [3.8, 4) is 0 Å². The third-order valence-electron chi connectivity index (χ3n) is 2.98. The molecule has 7 heteroatoms. The number of anilines is 1. The number of carbonyl (C=O) groups excluding carboxylic acids is 1. The summed E-state index contributed by atoms with van der Waals surface area (Å²) >= 11 is 1.26. The molecule has 0 unspecified atom stereocenters. The summed E-state index contributed by atoms with van der Waals surface area (Å²) in [5.41, 5.74) is -0.0126. The van der Waals surface area contributed by atoms with Crippen LogP contribution < -0.4 is 5.32 Å². The maximum atomic E-state index is 13.5. The van der Waals surface area contributed by atoms with E-state index in [0.717, 1.165) is 24.5 Å². The van der Waals surface area contributed by atoms with Crippen molar-refractivity contribution in [3.05, 3.63) is 40.7 Å². The van der Waals surface area contributed by atoms with E-state index in [1.807, 2.05) is 0 Å². The fourth-order valence-electron chi connectivity index (χ4n) is 2.00. The van der Waals surface area contributed by atoms with Gasteiger partial charge in [0.05, 0.1) is 5.56 Å². The smallest absolute Gasteiger partial charge is 0.260 e. The Kier molecular flexibility index (Phi) is 3.70. The monoisotopic (exact) mass is 293 g/mol. The minimum absolute atomic E-state index is 0.0126. The van der Waals surface area contributed by atoms with E-state index in [-0.39, 0.29) is 11.7 Å². The number of nitrogens with one attached hydrogen (secondary N) is 1. The molecule has 20 heavy (non-hydrogen) atoms. The lowest BCUT2D eigenvalue weighted by Crippen LogP contribution is -2.13. The minimum atomic E-state index is -0.561. The van der Waals surface area contributed by atoms with Gasteiger partial charge in [-0.2, -0.15) is 0 Å². The average Bonchev–Trinajstić information content (AvgIpc) is 3.09. The lowest BCUT2D eigenvalue weighted by molar-refractivity contribution is 0.102. The standard InChI is InChI=1S/C13H12FN3O2S/c14-9-5-2-1-4-8(9)11(18)15-13-17-16-12(20-13)10-6-3-7-19-10/h1-2,4-5,10H,3,6-7H2,(H,15,17,18)/t10-/m0/s1. The largest absolute Gasteiger partial charge is 0.371 e. The van der Waals surface area contributed by atoms with Crippen molar-refractivity contribution in [2.24, 2.45) is 0 Å².